The molecule has 16 heavy (non-hydrogen) atoms. The maximum atomic E-state index is 8.88. The van der Waals surface area contributed by atoms with Gasteiger partial charge in [0.1, 0.15) is 12.6 Å². The number of hydrogen-bond donors (Lipinski definition) is 3. The van der Waals surface area contributed by atoms with Gasteiger partial charge in [0, 0.05) is 13.5 Å². The largest absolute Gasteiger partial charge is 0.466 e. The molecule has 0 saturated carbocycles. The van der Waals surface area contributed by atoms with Crippen molar-refractivity contribution in [2.75, 3.05) is 34.8 Å². The molecule has 0 aromatic heterocycles. The lowest BCUT2D eigenvalue weighted by molar-refractivity contribution is -0.873. The van der Waals surface area contributed by atoms with Gasteiger partial charge < -0.3 is 23.9 Å². The zero-order chi connectivity index (χ0) is 13.4. The van der Waals surface area contributed by atoms with E-state index in [1.165, 1.54) is 0 Å². The highest BCUT2D eigenvalue weighted by Crippen LogP contribution is 2.25. The Bertz CT molecular complexity index is 254. The highest BCUT2D eigenvalue weighted by Gasteiger charge is 2.15. The van der Waals surface area contributed by atoms with Gasteiger partial charge in [0.15, 0.2) is 0 Å². The Morgan fingerprint density at radius 3 is 1.94 bits per heavy atom. The van der Waals surface area contributed by atoms with Gasteiger partial charge in [0.25, 0.3) is 0 Å². The van der Waals surface area contributed by atoms with Gasteiger partial charge in [-0.1, -0.05) is 0 Å². The molecule has 96 valence electrons. The molecule has 0 bridgehead atoms. The normalized spacial score (nSPS) is 13.4. The Morgan fingerprint density at radius 1 is 1.38 bits per heavy atom. The van der Waals surface area contributed by atoms with Crippen LogP contribution in [0.3, 0.4) is 0 Å². The van der Waals surface area contributed by atoms with Crippen molar-refractivity contribution in [3.8, 4) is 12.3 Å². The first-order chi connectivity index (χ1) is 6.99. The molecular formula is C9H21NO5P+. The molecule has 0 radical (unpaired) electrons. The van der Waals surface area contributed by atoms with E-state index in [2.05, 4.69) is 27.1 Å². The lowest BCUT2D eigenvalue weighted by Crippen LogP contribution is -2.41. The van der Waals surface area contributed by atoms with E-state index in [1.807, 2.05) is 0 Å². The fourth-order valence-electron chi connectivity index (χ4n) is 0.965. The van der Waals surface area contributed by atoms with Crippen LogP contribution in [0.4, 0.5) is 0 Å². The van der Waals surface area contributed by atoms with Gasteiger partial charge in [-0.15, -0.1) is 12.3 Å². The molecule has 0 saturated heterocycles. The second-order valence-electron chi connectivity index (χ2n) is 4.25. The Balaban J connectivity index is 0. The van der Waals surface area contributed by atoms with Gasteiger partial charge in [-0.05, 0) is 0 Å². The van der Waals surface area contributed by atoms with Crippen molar-refractivity contribution in [2.24, 2.45) is 0 Å². The molecule has 0 fully saturated rings. The van der Waals surface area contributed by atoms with Gasteiger partial charge in [0.2, 0.25) is 0 Å². The molecule has 3 N–H and O–H groups in total. The molecular weight excluding hydrogens is 233 g/mol. The third-order valence-electron chi connectivity index (χ3n) is 1.43. The number of ether oxygens (including phenoxy) is 1. The predicted octanol–water partition coefficient (Wildman–Crippen LogP) is -0.198. The van der Waals surface area contributed by atoms with Gasteiger partial charge in [-0.25, -0.2) is 4.57 Å². The van der Waals surface area contributed by atoms with E-state index in [0.29, 0.717) is 6.42 Å². The summed E-state index contributed by atoms with van der Waals surface area (Å²) in [6, 6.07) is 0. The summed E-state index contributed by atoms with van der Waals surface area (Å²) in [7, 11) is 3.45. The van der Waals surface area contributed by atoms with Crippen molar-refractivity contribution < 1.29 is 28.5 Å². The summed E-state index contributed by atoms with van der Waals surface area (Å²) in [6.07, 6.45) is 6.08. The zero-order valence-corrected chi connectivity index (χ0v) is 11.0. The van der Waals surface area contributed by atoms with Crippen LogP contribution in [0.25, 0.3) is 0 Å². The van der Waals surface area contributed by atoms with Crippen LogP contribution in [0.5, 0.6) is 0 Å². The number of terminal acetylenes is 1. The summed E-state index contributed by atoms with van der Waals surface area (Å²) in [5.41, 5.74) is 0. The van der Waals surface area contributed by atoms with Crippen molar-refractivity contribution in [1.82, 2.24) is 0 Å². The summed E-state index contributed by atoms with van der Waals surface area (Å²) >= 11 is 0. The summed E-state index contributed by atoms with van der Waals surface area (Å²) in [5, 5.41) is 0. The molecule has 0 spiro atoms. The second-order valence-corrected chi connectivity index (χ2v) is 5.28. The quantitative estimate of drug-likeness (QED) is 0.367. The van der Waals surface area contributed by atoms with E-state index in [0.717, 1.165) is 11.0 Å². The lowest BCUT2D eigenvalue weighted by Gasteiger charge is -2.27. The number of quaternary nitrogens is 1. The molecule has 7 heteroatoms. The average molecular weight is 254 g/mol. The molecule has 0 aliphatic heterocycles. The minimum absolute atomic E-state index is 0.194. The van der Waals surface area contributed by atoms with E-state index in [9.17, 15) is 0 Å². The summed E-state index contributed by atoms with van der Waals surface area (Å²) in [6.45, 7) is 0.959. The lowest BCUT2D eigenvalue weighted by atomic mass is 10.2. The SMILES string of the molecule is C#CCC(C[N+](C)(C)C)OC.O=P(O)(O)O. The molecule has 0 heterocycles. The number of nitrogens with zero attached hydrogens (tertiary/aromatic N) is 1. The van der Waals surface area contributed by atoms with Crippen LogP contribution in [0.1, 0.15) is 6.42 Å². The third-order valence-corrected chi connectivity index (χ3v) is 1.43. The van der Waals surface area contributed by atoms with E-state index in [4.69, 9.17) is 30.4 Å². The molecule has 1 unspecified atom stereocenters. The molecule has 0 aromatic rings. The second kappa shape index (κ2) is 7.80. The molecule has 0 amide bonds. The molecule has 1 atom stereocenters. The number of likely N-dealkylation sites (N-methyl/N-ethyl adjacent to an activating group) is 1. The van der Waals surface area contributed by atoms with Crippen LogP contribution in [0, 0.1) is 12.3 Å². The van der Waals surface area contributed by atoms with Crippen molar-refractivity contribution in [3.05, 3.63) is 0 Å². The molecule has 0 aromatic carbocycles. The van der Waals surface area contributed by atoms with E-state index in [-0.39, 0.29) is 6.10 Å². The predicted molar refractivity (Wildman–Crippen MR) is 61.4 cm³/mol. The van der Waals surface area contributed by atoms with Gasteiger partial charge >= 0.3 is 7.82 Å². The number of rotatable bonds is 4. The van der Waals surface area contributed by atoms with Gasteiger partial charge in [0.05, 0.1) is 21.1 Å². The van der Waals surface area contributed by atoms with Crippen LogP contribution >= 0.6 is 7.82 Å². The standard InChI is InChI=1S/C9H18NO.H3O4P/c1-6-7-9(11-5)8-10(2,3)4;1-5(2,3)4/h1,9H,7-8H2,2-5H3;(H3,1,2,3,4)/q+1;. The Kier molecular flexibility index (Phi) is 8.76. The van der Waals surface area contributed by atoms with Crippen molar-refractivity contribution in [1.29, 1.82) is 0 Å². The number of phosphoric acid groups is 1. The molecule has 0 aliphatic rings. The van der Waals surface area contributed by atoms with Gasteiger partial charge in [-0.3, -0.25) is 0 Å². The minimum atomic E-state index is -4.64. The highest BCUT2D eigenvalue weighted by molar-refractivity contribution is 7.45. The highest BCUT2D eigenvalue weighted by atomic mass is 31.2. The first-order valence-corrected chi connectivity index (χ1v) is 6.11. The number of hydrogen-bond acceptors (Lipinski definition) is 2. The van der Waals surface area contributed by atoms with Crippen LogP contribution < -0.4 is 0 Å². The van der Waals surface area contributed by atoms with Crippen molar-refractivity contribution in [3.63, 3.8) is 0 Å². The molecule has 0 aliphatic carbocycles. The van der Waals surface area contributed by atoms with Crippen molar-refractivity contribution >= 4 is 7.82 Å². The number of methoxy groups -OCH3 is 1. The average Bonchev–Trinajstić information content (AvgIpc) is 1.97. The third kappa shape index (κ3) is 23.4. The summed E-state index contributed by atoms with van der Waals surface area (Å²) < 4.78 is 15.0. The minimum Gasteiger partial charge on any atom is -0.375 e. The smallest absolute Gasteiger partial charge is 0.375 e. The fraction of sp³-hybridized carbons (Fsp3) is 0.778. The maximum Gasteiger partial charge on any atom is 0.466 e. The monoisotopic (exact) mass is 254 g/mol. The Morgan fingerprint density at radius 2 is 1.75 bits per heavy atom. The first-order valence-electron chi connectivity index (χ1n) is 4.54. The van der Waals surface area contributed by atoms with Crippen LogP contribution in [-0.2, 0) is 9.30 Å². The van der Waals surface area contributed by atoms with E-state index in [1.54, 1.807) is 7.11 Å². The van der Waals surface area contributed by atoms with E-state index >= 15 is 0 Å². The maximum absolute atomic E-state index is 8.88. The van der Waals surface area contributed by atoms with Crippen LogP contribution in [-0.4, -0.2) is 60.1 Å². The molecule has 6 nitrogen and oxygen atoms in total. The first kappa shape index (κ1) is 18.0. The fourth-order valence-corrected chi connectivity index (χ4v) is 0.965. The van der Waals surface area contributed by atoms with Gasteiger partial charge in [-0.2, -0.15) is 0 Å². The summed E-state index contributed by atoms with van der Waals surface area (Å²) in [5.74, 6) is 2.61. The zero-order valence-electron chi connectivity index (χ0n) is 10.1. The van der Waals surface area contributed by atoms with Crippen LogP contribution in [0.2, 0.25) is 0 Å². The molecule has 0 rings (SSSR count). The topological polar surface area (TPSA) is 87.0 Å². The van der Waals surface area contributed by atoms with E-state index < -0.39 is 7.82 Å². The van der Waals surface area contributed by atoms with Crippen LogP contribution in [0.15, 0.2) is 0 Å². The van der Waals surface area contributed by atoms with Crippen molar-refractivity contribution in [2.45, 2.75) is 12.5 Å². The summed E-state index contributed by atoms with van der Waals surface area (Å²) in [4.78, 5) is 21.6. The Hall–Kier alpha value is -0.410. The Labute approximate surface area is 96.7 Å².